The van der Waals surface area contributed by atoms with Crippen LogP contribution in [0.25, 0.3) is 0 Å². The van der Waals surface area contributed by atoms with E-state index < -0.39 is 43.0 Å². The summed E-state index contributed by atoms with van der Waals surface area (Å²) in [5.41, 5.74) is 3.88. The first-order valence-corrected chi connectivity index (χ1v) is 11.1. The molecule has 2 aliphatic heterocycles. The van der Waals surface area contributed by atoms with Crippen LogP contribution in [0.4, 0.5) is 0 Å². The second-order valence-corrected chi connectivity index (χ2v) is 8.90. The van der Waals surface area contributed by atoms with Crippen LogP contribution in [0.1, 0.15) is 39.3 Å². The van der Waals surface area contributed by atoms with Gasteiger partial charge in [-0.05, 0) is 26.7 Å². The summed E-state index contributed by atoms with van der Waals surface area (Å²) in [7, 11) is -3.90. The monoisotopic (exact) mass is 447 g/mol. The SMILES string of the molecule is CCOC(=O)CCCCOP1(=O)OC[C@H]2O[C@@H](n3ccc(=O)[nH]c3=O)[C@](C)(N)[C@@H]2O1. The summed E-state index contributed by atoms with van der Waals surface area (Å²) in [6, 6.07) is 1.17. The lowest BCUT2D eigenvalue weighted by molar-refractivity contribution is -0.143. The van der Waals surface area contributed by atoms with Gasteiger partial charge < -0.3 is 15.2 Å². The minimum atomic E-state index is -3.90. The van der Waals surface area contributed by atoms with Crippen LogP contribution in [0.15, 0.2) is 21.9 Å². The van der Waals surface area contributed by atoms with Crippen LogP contribution < -0.4 is 17.0 Å². The topological polar surface area (TPSA) is 161 Å². The van der Waals surface area contributed by atoms with E-state index in [-0.39, 0.29) is 25.6 Å². The van der Waals surface area contributed by atoms with Crippen molar-refractivity contribution in [3.8, 4) is 0 Å². The molecule has 0 amide bonds. The Labute approximate surface area is 172 Å². The van der Waals surface area contributed by atoms with Gasteiger partial charge in [-0.1, -0.05) is 0 Å². The van der Waals surface area contributed by atoms with Gasteiger partial charge in [0.25, 0.3) is 5.56 Å². The molecule has 3 heterocycles. The number of carbonyl (C=O) groups is 1. The molecule has 0 aliphatic carbocycles. The van der Waals surface area contributed by atoms with E-state index in [1.807, 2.05) is 0 Å². The third-order valence-electron chi connectivity index (χ3n) is 4.86. The number of esters is 1. The Hall–Kier alpha value is -1.82. The number of hydrogen-bond donors (Lipinski definition) is 2. The van der Waals surface area contributed by atoms with Crippen LogP contribution in [0.3, 0.4) is 0 Å². The number of phosphoric acid groups is 1. The molecule has 5 atom stereocenters. The van der Waals surface area contributed by atoms with Gasteiger partial charge in [0.05, 0.1) is 25.4 Å². The summed E-state index contributed by atoms with van der Waals surface area (Å²) in [5, 5.41) is 0. The van der Waals surface area contributed by atoms with E-state index in [0.29, 0.717) is 19.4 Å². The van der Waals surface area contributed by atoms with Crippen molar-refractivity contribution in [2.24, 2.45) is 5.73 Å². The van der Waals surface area contributed by atoms with E-state index in [1.54, 1.807) is 13.8 Å². The van der Waals surface area contributed by atoms with Crippen molar-refractivity contribution in [2.75, 3.05) is 19.8 Å². The maximum Gasteiger partial charge on any atom is 0.475 e. The predicted octanol–water partition coefficient (Wildman–Crippen LogP) is 0.425. The minimum absolute atomic E-state index is 0.0546. The Kier molecular flexibility index (Phi) is 6.95. The van der Waals surface area contributed by atoms with Gasteiger partial charge in [-0.3, -0.25) is 32.7 Å². The van der Waals surface area contributed by atoms with Gasteiger partial charge in [0.1, 0.15) is 12.2 Å². The lowest BCUT2D eigenvalue weighted by Crippen LogP contribution is -2.55. The fourth-order valence-corrected chi connectivity index (χ4v) is 4.91. The molecule has 0 radical (unpaired) electrons. The number of hydrogen-bond acceptors (Lipinski definition) is 10. The van der Waals surface area contributed by atoms with Crippen molar-refractivity contribution in [3.05, 3.63) is 33.1 Å². The van der Waals surface area contributed by atoms with E-state index in [2.05, 4.69) is 4.98 Å². The van der Waals surface area contributed by atoms with Gasteiger partial charge in [0, 0.05) is 18.7 Å². The van der Waals surface area contributed by atoms with Crippen molar-refractivity contribution >= 4 is 13.8 Å². The molecule has 3 N–H and O–H groups in total. The Bertz CT molecular complexity index is 928. The van der Waals surface area contributed by atoms with Crippen LogP contribution in [0.2, 0.25) is 0 Å². The number of unbranched alkanes of at least 4 members (excludes halogenated alkanes) is 1. The highest BCUT2D eigenvalue weighted by molar-refractivity contribution is 7.48. The predicted molar refractivity (Wildman–Crippen MR) is 103 cm³/mol. The smallest absolute Gasteiger partial charge is 0.466 e. The normalized spacial score (nSPS) is 33.2. The molecule has 0 saturated carbocycles. The number of phosphoric ester groups is 1. The number of aromatic amines is 1. The third-order valence-corrected chi connectivity index (χ3v) is 6.31. The second kappa shape index (κ2) is 9.13. The Balaban J connectivity index is 1.60. The molecule has 0 spiro atoms. The van der Waals surface area contributed by atoms with Gasteiger partial charge in [-0.15, -0.1) is 0 Å². The van der Waals surface area contributed by atoms with Crippen molar-refractivity contribution < 1.29 is 32.4 Å². The van der Waals surface area contributed by atoms with Crippen LogP contribution in [0.5, 0.6) is 0 Å². The van der Waals surface area contributed by atoms with E-state index in [9.17, 15) is 18.9 Å². The van der Waals surface area contributed by atoms with Crippen LogP contribution in [-0.4, -0.2) is 53.1 Å². The first kappa shape index (κ1) is 22.9. The van der Waals surface area contributed by atoms with Crippen LogP contribution in [-0.2, 0) is 32.4 Å². The lowest BCUT2D eigenvalue weighted by Gasteiger charge is -2.35. The Morgan fingerprint density at radius 1 is 1.43 bits per heavy atom. The van der Waals surface area contributed by atoms with Gasteiger partial charge in [-0.25, -0.2) is 9.36 Å². The quantitative estimate of drug-likeness (QED) is 0.325. The summed E-state index contributed by atoms with van der Waals surface area (Å²) in [5.74, 6) is -0.303. The molecule has 3 rings (SSSR count). The average Bonchev–Trinajstić information content (AvgIpc) is 2.92. The van der Waals surface area contributed by atoms with Gasteiger partial charge in [0.15, 0.2) is 6.23 Å². The summed E-state index contributed by atoms with van der Waals surface area (Å²) >= 11 is 0. The molecule has 1 unspecified atom stereocenters. The Morgan fingerprint density at radius 2 is 2.20 bits per heavy atom. The first-order valence-electron chi connectivity index (χ1n) is 9.65. The Morgan fingerprint density at radius 3 is 2.90 bits per heavy atom. The summed E-state index contributed by atoms with van der Waals surface area (Å²) in [6.07, 6.45) is -0.0716. The van der Waals surface area contributed by atoms with E-state index in [4.69, 9.17) is 28.8 Å². The van der Waals surface area contributed by atoms with Crippen molar-refractivity contribution in [1.29, 1.82) is 0 Å². The third kappa shape index (κ3) is 4.90. The highest BCUT2D eigenvalue weighted by Gasteiger charge is 2.59. The number of carbonyl (C=O) groups excluding carboxylic acids is 1. The number of nitrogens with one attached hydrogen (secondary N) is 1. The highest BCUT2D eigenvalue weighted by atomic mass is 31.2. The minimum Gasteiger partial charge on any atom is -0.466 e. The summed E-state index contributed by atoms with van der Waals surface area (Å²) in [4.78, 5) is 36.9. The first-order chi connectivity index (χ1) is 14.2. The number of rotatable bonds is 8. The molecule has 2 aliphatic rings. The zero-order valence-corrected chi connectivity index (χ0v) is 17.7. The molecular weight excluding hydrogens is 421 g/mol. The molecule has 13 heteroatoms. The number of nitrogens with zero attached hydrogens (tertiary/aromatic N) is 1. The molecular formula is C17H26N3O9P. The highest BCUT2D eigenvalue weighted by Crippen LogP contribution is 2.58. The molecule has 0 bridgehead atoms. The van der Waals surface area contributed by atoms with E-state index in [1.165, 1.54) is 12.3 Å². The van der Waals surface area contributed by atoms with Crippen molar-refractivity contribution in [3.63, 3.8) is 0 Å². The molecule has 2 saturated heterocycles. The number of ether oxygens (including phenoxy) is 2. The van der Waals surface area contributed by atoms with Gasteiger partial charge >= 0.3 is 19.5 Å². The van der Waals surface area contributed by atoms with E-state index in [0.717, 1.165) is 4.57 Å². The molecule has 1 aromatic heterocycles. The maximum atomic E-state index is 12.8. The molecule has 12 nitrogen and oxygen atoms in total. The van der Waals surface area contributed by atoms with Crippen molar-refractivity contribution in [2.45, 2.75) is 57.1 Å². The zero-order chi connectivity index (χ0) is 21.9. The molecule has 168 valence electrons. The van der Waals surface area contributed by atoms with Gasteiger partial charge in [-0.2, -0.15) is 0 Å². The number of nitrogens with two attached hydrogens (primary N) is 1. The molecule has 1 aromatic rings. The zero-order valence-electron chi connectivity index (χ0n) is 16.8. The largest absolute Gasteiger partial charge is 0.475 e. The lowest BCUT2D eigenvalue weighted by atomic mass is 9.93. The summed E-state index contributed by atoms with van der Waals surface area (Å²) < 4.78 is 40.8. The number of aromatic nitrogens is 2. The summed E-state index contributed by atoms with van der Waals surface area (Å²) in [6.45, 7) is 3.59. The van der Waals surface area contributed by atoms with Crippen LogP contribution in [0, 0.1) is 0 Å². The maximum absolute atomic E-state index is 12.8. The number of H-pyrrole nitrogens is 1. The standard InChI is InChI=1S/C17H26N3O9P/c1-3-25-13(22)6-4-5-9-26-30(24)27-10-11-14(29-30)17(2,18)15(28-11)20-8-7-12(21)19-16(20)23/h7-8,11,14-15H,3-6,9-10,18H2,1-2H3,(H,19,21,23)/t11-,14-,15-,17-,30?/m1/s1. The number of fused-ring (bicyclic) bond motifs is 1. The molecule has 0 aromatic carbocycles. The van der Waals surface area contributed by atoms with E-state index >= 15 is 0 Å². The van der Waals surface area contributed by atoms with Crippen LogP contribution >= 0.6 is 7.82 Å². The molecule has 2 fully saturated rings. The second-order valence-electron chi connectivity index (χ2n) is 7.27. The van der Waals surface area contributed by atoms with Crippen molar-refractivity contribution in [1.82, 2.24) is 9.55 Å². The molecule has 30 heavy (non-hydrogen) atoms. The fourth-order valence-electron chi connectivity index (χ4n) is 3.39. The average molecular weight is 447 g/mol. The fraction of sp³-hybridized carbons (Fsp3) is 0.706. The van der Waals surface area contributed by atoms with Gasteiger partial charge in [0.2, 0.25) is 0 Å².